The van der Waals surface area contributed by atoms with Gasteiger partial charge in [0.1, 0.15) is 0 Å². The van der Waals surface area contributed by atoms with Crippen molar-refractivity contribution in [3.8, 4) is 0 Å². The third-order valence-electron chi connectivity index (χ3n) is 4.89. The Balaban J connectivity index is 1.83. The Kier molecular flexibility index (Phi) is 3.54. The molecule has 23 heavy (non-hydrogen) atoms. The minimum Gasteiger partial charge on any atom is -0.478 e. The lowest BCUT2D eigenvalue weighted by molar-refractivity contribution is -0.0387. The molecular formula is C19H19NO3. The summed E-state index contributed by atoms with van der Waals surface area (Å²) in [7, 11) is 0. The zero-order valence-corrected chi connectivity index (χ0v) is 12.7. The summed E-state index contributed by atoms with van der Waals surface area (Å²) in [5, 5.41) is 13.1. The minimum absolute atomic E-state index is 0.151. The molecule has 2 aliphatic rings. The molecule has 0 aliphatic carbocycles. The second-order valence-electron chi connectivity index (χ2n) is 6.20. The molecule has 0 spiro atoms. The van der Waals surface area contributed by atoms with E-state index in [0.717, 1.165) is 24.1 Å². The van der Waals surface area contributed by atoms with Crippen molar-refractivity contribution in [1.29, 1.82) is 0 Å². The van der Waals surface area contributed by atoms with Crippen LogP contribution in [-0.4, -0.2) is 17.7 Å². The Hall–Kier alpha value is -2.33. The molecule has 0 saturated carbocycles. The Labute approximate surface area is 135 Å². The standard InChI is InChI=1S/C19H19NO3/c21-19(22)13-8-4-10-15-16(13)18-14(9-5-11-23-18)17(20-15)12-6-2-1-3-7-12/h1-4,6-8,10,14,17-18,20H,5,9,11H2,(H,21,22). The number of anilines is 1. The maximum Gasteiger partial charge on any atom is 0.336 e. The lowest BCUT2D eigenvalue weighted by Crippen LogP contribution is -2.37. The van der Waals surface area contributed by atoms with Gasteiger partial charge in [0.05, 0.1) is 17.7 Å². The molecule has 0 radical (unpaired) electrons. The first kappa shape index (κ1) is 14.3. The average molecular weight is 309 g/mol. The van der Waals surface area contributed by atoms with Crippen LogP contribution in [0.1, 0.15) is 46.5 Å². The molecule has 4 nitrogen and oxygen atoms in total. The fourth-order valence-corrected chi connectivity index (χ4v) is 3.89. The number of aromatic carboxylic acids is 1. The topological polar surface area (TPSA) is 58.6 Å². The van der Waals surface area contributed by atoms with Crippen molar-refractivity contribution in [2.24, 2.45) is 5.92 Å². The Bertz CT molecular complexity index is 729. The second kappa shape index (κ2) is 5.70. The summed E-state index contributed by atoms with van der Waals surface area (Å²) in [6, 6.07) is 15.9. The van der Waals surface area contributed by atoms with Gasteiger partial charge in [0.25, 0.3) is 0 Å². The molecule has 3 atom stereocenters. The lowest BCUT2D eigenvalue weighted by atomic mass is 9.76. The predicted molar refractivity (Wildman–Crippen MR) is 87.6 cm³/mol. The van der Waals surface area contributed by atoms with E-state index in [4.69, 9.17) is 4.74 Å². The molecular weight excluding hydrogens is 290 g/mol. The van der Waals surface area contributed by atoms with Crippen molar-refractivity contribution < 1.29 is 14.6 Å². The predicted octanol–water partition coefficient (Wildman–Crippen LogP) is 4.02. The van der Waals surface area contributed by atoms with Gasteiger partial charge in [-0.2, -0.15) is 0 Å². The second-order valence-corrected chi connectivity index (χ2v) is 6.20. The molecule has 2 aromatic rings. The van der Waals surface area contributed by atoms with E-state index in [1.54, 1.807) is 12.1 Å². The summed E-state index contributed by atoms with van der Waals surface area (Å²) in [6.07, 6.45) is 1.89. The van der Waals surface area contributed by atoms with Gasteiger partial charge in [-0.15, -0.1) is 0 Å². The third kappa shape index (κ3) is 2.39. The van der Waals surface area contributed by atoms with Gasteiger partial charge in [0, 0.05) is 23.8 Å². The molecule has 2 aliphatic heterocycles. The summed E-state index contributed by atoms with van der Waals surface area (Å²) in [4.78, 5) is 11.6. The smallest absolute Gasteiger partial charge is 0.336 e. The van der Waals surface area contributed by atoms with Crippen LogP contribution in [0, 0.1) is 5.92 Å². The minimum atomic E-state index is -0.894. The first-order chi connectivity index (χ1) is 11.3. The number of benzene rings is 2. The van der Waals surface area contributed by atoms with Gasteiger partial charge in [-0.3, -0.25) is 0 Å². The Morgan fingerprint density at radius 2 is 1.96 bits per heavy atom. The maximum absolute atomic E-state index is 11.6. The third-order valence-corrected chi connectivity index (χ3v) is 4.89. The van der Waals surface area contributed by atoms with E-state index in [0.29, 0.717) is 12.2 Å². The van der Waals surface area contributed by atoms with Crippen LogP contribution in [0.4, 0.5) is 5.69 Å². The molecule has 0 aromatic heterocycles. The van der Waals surface area contributed by atoms with Crippen LogP contribution in [0.15, 0.2) is 48.5 Å². The van der Waals surface area contributed by atoms with Gasteiger partial charge in [-0.05, 0) is 30.5 Å². The first-order valence-electron chi connectivity index (χ1n) is 8.05. The highest BCUT2D eigenvalue weighted by Gasteiger charge is 2.41. The molecule has 1 fully saturated rings. The molecule has 2 heterocycles. The van der Waals surface area contributed by atoms with Crippen LogP contribution in [0.2, 0.25) is 0 Å². The zero-order valence-electron chi connectivity index (χ0n) is 12.7. The van der Waals surface area contributed by atoms with Crippen LogP contribution in [-0.2, 0) is 4.74 Å². The molecule has 2 N–H and O–H groups in total. The number of carboxylic acids is 1. The van der Waals surface area contributed by atoms with Crippen molar-refractivity contribution >= 4 is 11.7 Å². The highest BCUT2D eigenvalue weighted by atomic mass is 16.5. The highest BCUT2D eigenvalue weighted by Crippen LogP contribution is 2.50. The summed E-state index contributed by atoms with van der Waals surface area (Å²) in [5.41, 5.74) is 3.25. The molecule has 0 bridgehead atoms. The number of carbonyl (C=O) groups is 1. The summed E-state index contributed by atoms with van der Waals surface area (Å²) in [6.45, 7) is 0.691. The average Bonchev–Trinajstić information content (AvgIpc) is 2.61. The number of ether oxygens (including phenoxy) is 1. The molecule has 0 amide bonds. The first-order valence-corrected chi connectivity index (χ1v) is 8.05. The van der Waals surface area contributed by atoms with E-state index in [2.05, 4.69) is 17.4 Å². The largest absolute Gasteiger partial charge is 0.478 e. The van der Waals surface area contributed by atoms with Crippen LogP contribution in [0.5, 0.6) is 0 Å². The summed E-state index contributed by atoms with van der Waals surface area (Å²) in [5.74, 6) is -0.645. The SMILES string of the molecule is O=C(O)c1cccc2c1C1OCCCC1C(c1ccccc1)N2. The molecule has 4 rings (SSSR count). The van der Waals surface area contributed by atoms with Crippen molar-refractivity contribution in [3.05, 3.63) is 65.2 Å². The van der Waals surface area contributed by atoms with E-state index in [9.17, 15) is 9.90 Å². The number of hydrogen-bond acceptors (Lipinski definition) is 3. The monoisotopic (exact) mass is 309 g/mol. The van der Waals surface area contributed by atoms with Crippen LogP contribution < -0.4 is 5.32 Å². The van der Waals surface area contributed by atoms with E-state index < -0.39 is 5.97 Å². The summed E-state index contributed by atoms with van der Waals surface area (Å²) >= 11 is 0. The number of nitrogens with one attached hydrogen (secondary N) is 1. The van der Waals surface area contributed by atoms with E-state index in [1.165, 1.54) is 5.56 Å². The van der Waals surface area contributed by atoms with E-state index in [1.807, 2.05) is 24.3 Å². The zero-order chi connectivity index (χ0) is 15.8. The van der Waals surface area contributed by atoms with Crippen molar-refractivity contribution in [1.82, 2.24) is 0 Å². The lowest BCUT2D eigenvalue weighted by Gasteiger charge is -2.43. The number of carboxylic acid groups (broad SMARTS) is 1. The molecule has 1 saturated heterocycles. The van der Waals surface area contributed by atoms with Gasteiger partial charge in [0.15, 0.2) is 0 Å². The Morgan fingerprint density at radius 3 is 2.74 bits per heavy atom. The van der Waals surface area contributed by atoms with Crippen LogP contribution >= 0.6 is 0 Å². The fourth-order valence-electron chi connectivity index (χ4n) is 3.89. The molecule has 3 unspecified atom stereocenters. The molecule has 4 heteroatoms. The highest BCUT2D eigenvalue weighted by molar-refractivity contribution is 5.92. The summed E-state index contributed by atoms with van der Waals surface area (Å²) < 4.78 is 6.05. The maximum atomic E-state index is 11.6. The van der Waals surface area contributed by atoms with Crippen molar-refractivity contribution in [2.45, 2.75) is 25.0 Å². The molecule has 118 valence electrons. The van der Waals surface area contributed by atoms with Gasteiger partial charge in [-0.1, -0.05) is 36.4 Å². The van der Waals surface area contributed by atoms with E-state index in [-0.39, 0.29) is 18.1 Å². The van der Waals surface area contributed by atoms with Gasteiger partial charge >= 0.3 is 5.97 Å². The van der Waals surface area contributed by atoms with Crippen LogP contribution in [0.25, 0.3) is 0 Å². The van der Waals surface area contributed by atoms with E-state index >= 15 is 0 Å². The Morgan fingerprint density at radius 1 is 1.13 bits per heavy atom. The number of hydrogen-bond donors (Lipinski definition) is 2. The quantitative estimate of drug-likeness (QED) is 0.879. The van der Waals surface area contributed by atoms with Gasteiger partial charge < -0.3 is 15.2 Å². The number of rotatable bonds is 2. The fraction of sp³-hybridized carbons (Fsp3) is 0.316. The normalized spacial score (nSPS) is 25.8. The van der Waals surface area contributed by atoms with Gasteiger partial charge in [0.2, 0.25) is 0 Å². The number of fused-ring (bicyclic) bond motifs is 3. The van der Waals surface area contributed by atoms with Crippen molar-refractivity contribution in [3.63, 3.8) is 0 Å². The van der Waals surface area contributed by atoms with Crippen LogP contribution in [0.3, 0.4) is 0 Å². The molecule has 2 aromatic carbocycles. The van der Waals surface area contributed by atoms with Gasteiger partial charge in [-0.25, -0.2) is 4.79 Å². The van der Waals surface area contributed by atoms with Crippen molar-refractivity contribution in [2.75, 3.05) is 11.9 Å².